The molecule has 1 amide bonds. The van der Waals surface area contributed by atoms with Crippen molar-refractivity contribution in [2.24, 2.45) is 5.92 Å². The molecule has 0 radical (unpaired) electrons. The smallest absolute Gasteiger partial charge is 0.258 e. The number of amides is 1. The van der Waals surface area contributed by atoms with E-state index in [1.54, 1.807) is 18.2 Å². The molecule has 7 heteroatoms. The van der Waals surface area contributed by atoms with E-state index in [4.69, 9.17) is 14.0 Å². The second-order valence-electron chi connectivity index (χ2n) is 5.87. The number of carbonyl (C=O) groups is 1. The lowest BCUT2D eigenvalue weighted by atomic mass is 9.98. The van der Waals surface area contributed by atoms with Crippen LogP contribution in [0.15, 0.2) is 34.9 Å². The average molecular weight is 332 g/mol. The van der Waals surface area contributed by atoms with Gasteiger partial charge in [0.2, 0.25) is 0 Å². The maximum absolute atomic E-state index is 12.1. The van der Waals surface area contributed by atoms with Gasteiger partial charge in [0, 0.05) is 18.4 Å². The molecule has 1 aliphatic rings. The van der Waals surface area contributed by atoms with E-state index in [1.165, 1.54) is 6.07 Å². The molecule has 2 aromatic rings. The standard InChI is InChI=1S/C17H20N2O5/c1-11-6-13(24-19-11)7-12-8-22-9-14(12)18-17(21)10-23-16-5-3-2-4-15(16)20/h2-6,12,14,20H,7-10H2,1H3,(H,18,21)/t12-,14+/m1/s1. The Kier molecular flexibility index (Phi) is 5.00. The molecule has 24 heavy (non-hydrogen) atoms. The highest BCUT2D eigenvalue weighted by molar-refractivity contribution is 5.78. The van der Waals surface area contributed by atoms with Crippen molar-refractivity contribution < 1.29 is 23.9 Å². The van der Waals surface area contributed by atoms with E-state index in [9.17, 15) is 9.90 Å². The van der Waals surface area contributed by atoms with Crippen molar-refractivity contribution >= 4 is 5.91 Å². The van der Waals surface area contributed by atoms with E-state index in [2.05, 4.69) is 10.5 Å². The summed E-state index contributed by atoms with van der Waals surface area (Å²) in [4.78, 5) is 12.1. The van der Waals surface area contributed by atoms with Gasteiger partial charge in [-0.1, -0.05) is 17.3 Å². The van der Waals surface area contributed by atoms with Crippen molar-refractivity contribution in [3.8, 4) is 11.5 Å². The molecule has 1 fully saturated rings. The first kappa shape index (κ1) is 16.3. The van der Waals surface area contributed by atoms with Crippen LogP contribution in [0.4, 0.5) is 0 Å². The van der Waals surface area contributed by atoms with Gasteiger partial charge in [0.05, 0.1) is 24.9 Å². The summed E-state index contributed by atoms with van der Waals surface area (Å²) in [6, 6.07) is 8.32. The van der Waals surface area contributed by atoms with Gasteiger partial charge in [-0.25, -0.2) is 0 Å². The summed E-state index contributed by atoms with van der Waals surface area (Å²) >= 11 is 0. The monoisotopic (exact) mass is 332 g/mol. The molecule has 1 aromatic carbocycles. The number of carbonyl (C=O) groups excluding carboxylic acids is 1. The molecule has 128 valence electrons. The van der Waals surface area contributed by atoms with Crippen LogP contribution in [0.25, 0.3) is 0 Å². The first-order valence-corrected chi connectivity index (χ1v) is 7.82. The highest BCUT2D eigenvalue weighted by Crippen LogP contribution is 2.24. The number of para-hydroxylation sites is 2. The number of hydrogen-bond acceptors (Lipinski definition) is 6. The zero-order valence-electron chi connectivity index (χ0n) is 13.4. The Morgan fingerprint density at radius 2 is 2.25 bits per heavy atom. The molecule has 0 saturated carbocycles. The van der Waals surface area contributed by atoms with Crippen molar-refractivity contribution in [1.29, 1.82) is 0 Å². The molecule has 0 unspecified atom stereocenters. The Morgan fingerprint density at radius 1 is 1.42 bits per heavy atom. The second-order valence-corrected chi connectivity index (χ2v) is 5.87. The summed E-state index contributed by atoms with van der Waals surface area (Å²) in [6.45, 7) is 2.72. The number of aryl methyl sites for hydroxylation is 1. The van der Waals surface area contributed by atoms with Crippen molar-refractivity contribution in [2.45, 2.75) is 19.4 Å². The number of phenolic OH excluding ortho intramolecular Hbond substituents is 1. The van der Waals surface area contributed by atoms with Gasteiger partial charge in [-0.3, -0.25) is 4.79 Å². The third-order valence-electron chi connectivity index (χ3n) is 3.91. The SMILES string of the molecule is Cc1cc(C[C@@H]2COC[C@@H]2NC(=O)COc2ccccc2O)on1. The first-order valence-electron chi connectivity index (χ1n) is 7.82. The lowest BCUT2D eigenvalue weighted by Gasteiger charge is -2.18. The fourth-order valence-electron chi connectivity index (χ4n) is 2.70. The molecule has 0 aliphatic carbocycles. The molecule has 1 saturated heterocycles. The predicted molar refractivity (Wildman–Crippen MR) is 84.8 cm³/mol. The number of ether oxygens (including phenoxy) is 2. The van der Waals surface area contributed by atoms with Crippen LogP contribution >= 0.6 is 0 Å². The normalized spacial score (nSPS) is 20.0. The van der Waals surface area contributed by atoms with Crippen molar-refractivity contribution in [3.63, 3.8) is 0 Å². The Hall–Kier alpha value is -2.54. The Bertz CT molecular complexity index is 700. The zero-order chi connectivity index (χ0) is 16.9. The van der Waals surface area contributed by atoms with Gasteiger partial charge >= 0.3 is 0 Å². The van der Waals surface area contributed by atoms with E-state index in [0.717, 1.165) is 11.5 Å². The van der Waals surface area contributed by atoms with Crippen LogP contribution in [-0.2, 0) is 16.0 Å². The highest BCUT2D eigenvalue weighted by Gasteiger charge is 2.30. The molecule has 3 rings (SSSR count). The molecule has 2 heterocycles. The minimum absolute atomic E-state index is 0.00747. The van der Waals surface area contributed by atoms with Crippen LogP contribution in [0.1, 0.15) is 11.5 Å². The van der Waals surface area contributed by atoms with Crippen molar-refractivity contribution in [1.82, 2.24) is 10.5 Å². The van der Waals surface area contributed by atoms with Crippen LogP contribution in [0.3, 0.4) is 0 Å². The van der Waals surface area contributed by atoms with Gasteiger partial charge in [0.15, 0.2) is 18.1 Å². The second kappa shape index (κ2) is 7.35. The van der Waals surface area contributed by atoms with E-state index in [1.807, 2.05) is 13.0 Å². The van der Waals surface area contributed by atoms with Gasteiger partial charge in [0.1, 0.15) is 5.76 Å². The molecule has 0 spiro atoms. The zero-order valence-corrected chi connectivity index (χ0v) is 13.4. The number of aromatic hydroxyl groups is 1. The Balaban J connectivity index is 1.50. The summed E-state index contributed by atoms with van der Waals surface area (Å²) < 4.78 is 16.0. The predicted octanol–water partition coefficient (Wildman–Crippen LogP) is 1.44. The summed E-state index contributed by atoms with van der Waals surface area (Å²) in [6.07, 6.45) is 0.659. The topological polar surface area (TPSA) is 93.8 Å². The summed E-state index contributed by atoms with van der Waals surface area (Å²) in [5, 5.41) is 16.4. The van der Waals surface area contributed by atoms with E-state index < -0.39 is 0 Å². The molecule has 1 aromatic heterocycles. The van der Waals surface area contributed by atoms with E-state index >= 15 is 0 Å². The fourth-order valence-corrected chi connectivity index (χ4v) is 2.70. The number of nitrogens with zero attached hydrogens (tertiary/aromatic N) is 1. The van der Waals surface area contributed by atoms with Gasteiger partial charge in [0.25, 0.3) is 5.91 Å². The van der Waals surface area contributed by atoms with Crippen LogP contribution < -0.4 is 10.1 Å². The van der Waals surface area contributed by atoms with Gasteiger partial charge < -0.3 is 24.4 Å². The lowest BCUT2D eigenvalue weighted by Crippen LogP contribution is -2.42. The lowest BCUT2D eigenvalue weighted by molar-refractivity contribution is -0.124. The molecule has 1 aliphatic heterocycles. The Morgan fingerprint density at radius 3 is 3.00 bits per heavy atom. The average Bonchev–Trinajstić information content (AvgIpc) is 3.16. The van der Waals surface area contributed by atoms with Crippen LogP contribution in [0.5, 0.6) is 11.5 Å². The summed E-state index contributed by atoms with van der Waals surface area (Å²) in [5.41, 5.74) is 0.834. The fraction of sp³-hybridized carbons (Fsp3) is 0.412. The van der Waals surface area contributed by atoms with Gasteiger partial charge in [-0.05, 0) is 19.1 Å². The molecular formula is C17H20N2O5. The maximum atomic E-state index is 12.1. The van der Waals surface area contributed by atoms with E-state index in [-0.39, 0.29) is 36.0 Å². The minimum atomic E-state index is -0.257. The third kappa shape index (κ3) is 4.05. The molecule has 2 N–H and O–H groups in total. The Labute approximate surface area is 139 Å². The van der Waals surface area contributed by atoms with Crippen molar-refractivity contribution in [2.75, 3.05) is 19.8 Å². The number of aromatic nitrogens is 1. The molecule has 2 atom stereocenters. The highest BCUT2D eigenvalue weighted by atomic mass is 16.5. The maximum Gasteiger partial charge on any atom is 0.258 e. The summed E-state index contributed by atoms with van der Waals surface area (Å²) in [5.74, 6) is 0.948. The number of benzene rings is 1. The largest absolute Gasteiger partial charge is 0.504 e. The van der Waals surface area contributed by atoms with Crippen LogP contribution in [-0.4, -0.2) is 42.0 Å². The van der Waals surface area contributed by atoms with E-state index in [0.29, 0.717) is 19.6 Å². The van der Waals surface area contributed by atoms with Gasteiger partial charge in [-0.15, -0.1) is 0 Å². The van der Waals surface area contributed by atoms with Crippen LogP contribution in [0.2, 0.25) is 0 Å². The first-order chi connectivity index (χ1) is 11.6. The number of hydrogen-bond donors (Lipinski definition) is 2. The third-order valence-corrected chi connectivity index (χ3v) is 3.91. The molecular weight excluding hydrogens is 312 g/mol. The summed E-state index contributed by atoms with van der Waals surface area (Å²) in [7, 11) is 0. The number of rotatable bonds is 6. The van der Waals surface area contributed by atoms with Crippen LogP contribution in [0, 0.1) is 12.8 Å². The van der Waals surface area contributed by atoms with Crippen molar-refractivity contribution in [3.05, 3.63) is 41.8 Å². The number of nitrogens with one attached hydrogen (secondary N) is 1. The quantitative estimate of drug-likeness (QED) is 0.831. The minimum Gasteiger partial charge on any atom is -0.504 e. The number of phenols is 1. The van der Waals surface area contributed by atoms with Gasteiger partial charge in [-0.2, -0.15) is 0 Å². The molecule has 7 nitrogen and oxygen atoms in total. The molecule has 0 bridgehead atoms.